The summed E-state index contributed by atoms with van der Waals surface area (Å²) >= 11 is 7.05. The lowest BCUT2D eigenvalue weighted by molar-refractivity contribution is -0.126. The highest BCUT2D eigenvalue weighted by Gasteiger charge is 2.29. The van der Waals surface area contributed by atoms with Crippen LogP contribution in [0.1, 0.15) is 48.5 Å². The third-order valence-corrected chi connectivity index (χ3v) is 8.94. The van der Waals surface area contributed by atoms with Crippen molar-refractivity contribution in [3.63, 3.8) is 0 Å². The van der Waals surface area contributed by atoms with E-state index in [2.05, 4.69) is 40.5 Å². The van der Waals surface area contributed by atoms with Crippen molar-refractivity contribution in [1.82, 2.24) is 24.9 Å². The Balaban J connectivity index is 1.50. The molecule has 1 N–H and O–H groups in total. The van der Waals surface area contributed by atoms with Crippen LogP contribution in [0.2, 0.25) is 5.02 Å². The highest BCUT2D eigenvalue weighted by atomic mass is 35.5. The van der Waals surface area contributed by atoms with Gasteiger partial charge in [-0.3, -0.25) is 19.4 Å². The summed E-state index contributed by atoms with van der Waals surface area (Å²) in [6.45, 7) is 9.21. The average Bonchev–Trinajstić information content (AvgIpc) is 3.60. The Morgan fingerprint density at radius 2 is 1.90 bits per heavy atom. The first-order valence-electron chi connectivity index (χ1n) is 13.8. The minimum absolute atomic E-state index is 0.00255. The third-order valence-electron chi connectivity index (χ3n) is 8.46. The van der Waals surface area contributed by atoms with Crippen molar-refractivity contribution in [3.8, 4) is 22.4 Å². The Morgan fingerprint density at radius 1 is 1.15 bits per heavy atom. The molecule has 2 aliphatic heterocycles. The molecule has 4 heterocycles. The highest BCUT2D eigenvalue weighted by Crippen LogP contribution is 2.45. The molecule has 8 nitrogen and oxygen atoms in total. The number of likely N-dealkylation sites (tertiary alicyclic amines) is 1. The van der Waals surface area contributed by atoms with Gasteiger partial charge in [0.05, 0.1) is 29.2 Å². The summed E-state index contributed by atoms with van der Waals surface area (Å²) in [6.07, 6.45) is 7.21. The van der Waals surface area contributed by atoms with Gasteiger partial charge in [-0.25, -0.2) is 0 Å². The summed E-state index contributed by atoms with van der Waals surface area (Å²) in [4.78, 5) is 28.2. The largest absolute Gasteiger partial charge is 0.339 e. The zero-order valence-corrected chi connectivity index (χ0v) is 23.9. The first-order chi connectivity index (χ1) is 19.3. The van der Waals surface area contributed by atoms with E-state index < -0.39 is 0 Å². The highest BCUT2D eigenvalue weighted by molar-refractivity contribution is 6.36. The van der Waals surface area contributed by atoms with Gasteiger partial charge in [-0.05, 0) is 74.9 Å². The Morgan fingerprint density at radius 3 is 2.62 bits per heavy atom. The van der Waals surface area contributed by atoms with Gasteiger partial charge in [0.25, 0.3) is 0 Å². The van der Waals surface area contributed by atoms with Crippen LogP contribution in [-0.2, 0) is 16.0 Å². The molecule has 2 aliphatic rings. The van der Waals surface area contributed by atoms with Crippen molar-refractivity contribution in [2.45, 2.75) is 52.0 Å². The number of amides is 2. The summed E-state index contributed by atoms with van der Waals surface area (Å²) in [5.74, 6) is 0.0895. The zero-order valence-electron chi connectivity index (χ0n) is 23.1. The summed E-state index contributed by atoms with van der Waals surface area (Å²) < 4.78 is 2.17. The van der Waals surface area contributed by atoms with Crippen molar-refractivity contribution < 1.29 is 9.59 Å². The van der Waals surface area contributed by atoms with Gasteiger partial charge < -0.3 is 9.80 Å². The van der Waals surface area contributed by atoms with E-state index >= 15 is 0 Å². The molecule has 4 aromatic rings. The molecule has 2 amide bonds. The smallest absolute Gasteiger partial charge is 0.245 e. The number of nitrogens with one attached hydrogen (secondary N) is 1. The molecule has 0 atom stereocenters. The van der Waals surface area contributed by atoms with Crippen LogP contribution < -0.4 is 4.90 Å². The molecule has 0 saturated carbocycles. The van der Waals surface area contributed by atoms with Gasteiger partial charge in [-0.1, -0.05) is 24.2 Å². The van der Waals surface area contributed by atoms with E-state index in [9.17, 15) is 9.59 Å². The van der Waals surface area contributed by atoms with Gasteiger partial charge in [-0.15, -0.1) is 0 Å². The first-order valence-corrected chi connectivity index (χ1v) is 14.2. The van der Waals surface area contributed by atoms with Crippen LogP contribution in [0.15, 0.2) is 43.1 Å². The predicted molar refractivity (Wildman–Crippen MR) is 159 cm³/mol. The molecule has 1 saturated heterocycles. The maximum Gasteiger partial charge on any atom is 0.245 e. The molecule has 6 rings (SSSR count). The molecule has 0 spiro atoms. The van der Waals surface area contributed by atoms with Crippen LogP contribution in [0.4, 0.5) is 5.69 Å². The lowest BCUT2D eigenvalue weighted by atomic mass is 9.94. The molecule has 9 heteroatoms. The third kappa shape index (κ3) is 4.31. The minimum Gasteiger partial charge on any atom is -0.339 e. The summed E-state index contributed by atoms with van der Waals surface area (Å²) in [6, 6.07) is 8.38. The van der Waals surface area contributed by atoms with Crippen molar-refractivity contribution in [2.75, 3.05) is 25.0 Å². The van der Waals surface area contributed by atoms with Gasteiger partial charge >= 0.3 is 0 Å². The zero-order chi connectivity index (χ0) is 28.1. The number of nitrogens with zero attached hydrogens (tertiary/aromatic N) is 5. The molecule has 0 bridgehead atoms. The molecule has 0 radical (unpaired) electrons. The number of likely N-dealkylation sites (N-methyl/N-ethyl adjacent to an activating group) is 1. The standard InChI is InChI=1S/C31H33ClN6O2/c1-5-26(39)37-12-6-8-22(9-7-13-37)38-19(3)28(29-23-17-33-34-24(23)14-18(2)30(29)32)31(35-38)20-10-11-25-21(15-20)16-27(40)36(25)4/h5,10-11,14-15,17,22H,1,6-9,12-13,16H2,2-4H3,(H,33,34). The summed E-state index contributed by atoms with van der Waals surface area (Å²) in [7, 11) is 1.82. The fourth-order valence-corrected chi connectivity index (χ4v) is 6.57. The van der Waals surface area contributed by atoms with Crippen LogP contribution in [0, 0.1) is 13.8 Å². The fraction of sp³-hybridized carbons (Fsp3) is 0.355. The van der Waals surface area contributed by atoms with Crippen molar-refractivity contribution >= 4 is 40.0 Å². The van der Waals surface area contributed by atoms with E-state index in [1.807, 2.05) is 37.2 Å². The number of benzene rings is 2. The van der Waals surface area contributed by atoms with Crippen LogP contribution >= 0.6 is 11.6 Å². The number of aryl methyl sites for hydroxylation is 1. The second-order valence-corrected chi connectivity index (χ2v) is 11.3. The molecule has 206 valence electrons. The maximum atomic E-state index is 12.4. The topological polar surface area (TPSA) is 87.1 Å². The number of carbonyl (C=O) groups is 2. The normalized spacial score (nSPS) is 16.4. The van der Waals surface area contributed by atoms with Crippen LogP contribution in [0.3, 0.4) is 0 Å². The second-order valence-electron chi connectivity index (χ2n) is 10.9. The van der Waals surface area contributed by atoms with Gasteiger partial charge in [0.1, 0.15) is 5.69 Å². The number of anilines is 1. The summed E-state index contributed by atoms with van der Waals surface area (Å²) in [5.41, 5.74) is 8.60. The van der Waals surface area contributed by atoms with Crippen LogP contribution in [0.25, 0.3) is 33.3 Å². The van der Waals surface area contributed by atoms with Crippen LogP contribution in [0.5, 0.6) is 0 Å². The molecule has 1 fully saturated rings. The second kappa shape index (κ2) is 10.2. The molecule has 40 heavy (non-hydrogen) atoms. The number of halogens is 1. The number of hydrogen-bond donors (Lipinski definition) is 1. The van der Waals surface area contributed by atoms with Gasteiger partial charge in [0.2, 0.25) is 11.8 Å². The van der Waals surface area contributed by atoms with Crippen molar-refractivity contribution in [3.05, 3.63) is 65.0 Å². The Kier molecular flexibility index (Phi) is 6.74. The molecular weight excluding hydrogens is 524 g/mol. The number of carbonyl (C=O) groups excluding carboxylic acids is 2. The SMILES string of the molecule is C=CC(=O)N1CCCC(n2nc(-c3ccc4c(c3)CC(=O)N4C)c(-c3c(Cl)c(C)cc4[nH]ncc34)c2C)CCC1. The Labute approximate surface area is 238 Å². The molecular formula is C31H33ClN6O2. The van der Waals surface area contributed by atoms with Crippen molar-refractivity contribution in [1.29, 1.82) is 0 Å². The van der Waals surface area contributed by atoms with E-state index in [4.69, 9.17) is 16.7 Å². The van der Waals surface area contributed by atoms with Gasteiger partial charge in [0.15, 0.2) is 0 Å². The Hall–Kier alpha value is -3.91. The molecule has 0 aliphatic carbocycles. The van der Waals surface area contributed by atoms with E-state index in [1.165, 1.54) is 6.08 Å². The van der Waals surface area contributed by atoms with Gasteiger partial charge in [0, 0.05) is 53.6 Å². The number of rotatable bonds is 4. The minimum atomic E-state index is -0.00255. The number of fused-ring (bicyclic) bond motifs is 2. The molecule has 0 unspecified atom stereocenters. The van der Waals surface area contributed by atoms with E-state index in [1.54, 1.807) is 4.90 Å². The average molecular weight is 557 g/mol. The van der Waals surface area contributed by atoms with E-state index in [0.717, 1.165) is 81.5 Å². The van der Waals surface area contributed by atoms with Gasteiger partial charge in [-0.2, -0.15) is 10.2 Å². The lowest BCUT2D eigenvalue weighted by Gasteiger charge is -2.28. The number of aromatic nitrogens is 4. The van der Waals surface area contributed by atoms with E-state index in [-0.39, 0.29) is 17.9 Å². The maximum absolute atomic E-state index is 12.4. The van der Waals surface area contributed by atoms with Crippen molar-refractivity contribution in [2.24, 2.45) is 0 Å². The number of hydrogen-bond acceptors (Lipinski definition) is 4. The molecule has 2 aromatic carbocycles. The van der Waals surface area contributed by atoms with E-state index in [0.29, 0.717) is 24.5 Å². The Bertz CT molecular complexity index is 1660. The number of H-pyrrole nitrogens is 1. The number of aromatic amines is 1. The lowest BCUT2D eigenvalue weighted by Crippen LogP contribution is -2.33. The predicted octanol–water partition coefficient (Wildman–Crippen LogP) is 6.01. The fourth-order valence-electron chi connectivity index (χ4n) is 6.32. The summed E-state index contributed by atoms with van der Waals surface area (Å²) in [5, 5.41) is 14.3. The van der Waals surface area contributed by atoms with Crippen LogP contribution in [-0.4, -0.2) is 56.8 Å². The molecule has 2 aromatic heterocycles. The quantitative estimate of drug-likeness (QED) is 0.312. The first kappa shape index (κ1) is 26.3. The monoisotopic (exact) mass is 556 g/mol.